The molecule has 1 heterocycles. The summed E-state index contributed by atoms with van der Waals surface area (Å²) in [5.74, 6) is -0.174. The zero-order chi connectivity index (χ0) is 24.1. The van der Waals surface area contributed by atoms with E-state index in [9.17, 15) is 22.8 Å². The van der Waals surface area contributed by atoms with E-state index in [4.69, 9.17) is 15.2 Å². The number of ether oxygens (including phenoxy) is 2. The van der Waals surface area contributed by atoms with Crippen LogP contribution >= 0.6 is 0 Å². The molecule has 1 fully saturated rings. The summed E-state index contributed by atoms with van der Waals surface area (Å²) in [6.07, 6.45) is -3.53. The van der Waals surface area contributed by atoms with Gasteiger partial charge in [0, 0.05) is 11.3 Å². The molecule has 2 aliphatic rings. The Labute approximate surface area is 192 Å². The molecular weight excluding hydrogens is 449 g/mol. The Morgan fingerprint density at radius 3 is 2.26 bits per heavy atom. The highest BCUT2D eigenvalue weighted by Gasteiger charge is 2.51. The molecule has 0 bridgehead atoms. The van der Waals surface area contributed by atoms with E-state index in [1.165, 1.54) is 36.4 Å². The van der Waals surface area contributed by atoms with Gasteiger partial charge in [-0.2, -0.15) is 13.2 Å². The van der Waals surface area contributed by atoms with Crippen molar-refractivity contribution in [2.75, 3.05) is 12.1 Å². The molecule has 0 saturated heterocycles. The second-order valence-corrected chi connectivity index (χ2v) is 8.27. The van der Waals surface area contributed by atoms with Crippen LogP contribution in [0, 0.1) is 0 Å². The summed E-state index contributed by atoms with van der Waals surface area (Å²) < 4.78 is 52.3. The maximum atomic E-state index is 13.9. The summed E-state index contributed by atoms with van der Waals surface area (Å²) in [6, 6.07) is 14.2. The fraction of sp³-hybridized carbons (Fsp3) is 0.200. The SMILES string of the molecule is [NH]C(=O)c1ccc(-c2ccc(NC(=O)C3(c4ccc5c(c4)OCO5)CC3)cc2C(F)(F)F)cc1. The second kappa shape index (κ2) is 7.79. The van der Waals surface area contributed by atoms with Crippen molar-refractivity contribution in [3.8, 4) is 22.6 Å². The predicted octanol–water partition coefficient (Wildman–Crippen LogP) is 5.19. The number of fused-ring (bicyclic) bond motifs is 1. The van der Waals surface area contributed by atoms with Crippen molar-refractivity contribution in [2.45, 2.75) is 24.4 Å². The van der Waals surface area contributed by atoms with Crippen molar-refractivity contribution < 1.29 is 32.2 Å². The number of halogens is 3. The molecule has 1 saturated carbocycles. The third-order valence-electron chi connectivity index (χ3n) is 6.15. The predicted molar refractivity (Wildman–Crippen MR) is 116 cm³/mol. The lowest BCUT2D eigenvalue weighted by molar-refractivity contribution is -0.137. The molecule has 5 rings (SSSR count). The first-order valence-corrected chi connectivity index (χ1v) is 10.5. The Morgan fingerprint density at radius 1 is 0.912 bits per heavy atom. The summed E-state index contributed by atoms with van der Waals surface area (Å²) in [6.45, 7) is 0.104. The highest BCUT2D eigenvalue weighted by Crippen LogP contribution is 2.51. The van der Waals surface area contributed by atoms with Crippen LogP contribution in [0.1, 0.15) is 34.3 Å². The second-order valence-electron chi connectivity index (χ2n) is 8.27. The van der Waals surface area contributed by atoms with Gasteiger partial charge in [-0.1, -0.05) is 24.3 Å². The van der Waals surface area contributed by atoms with Crippen LogP contribution in [0.5, 0.6) is 11.5 Å². The molecule has 0 atom stereocenters. The van der Waals surface area contributed by atoms with E-state index in [0.717, 1.165) is 11.6 Å². The van der Waals surface area contributed by atoms with Crippen LogP contribution in [0.2, 0.25) is 0 Å². The van der Waals surface area contributed by atoms with E-state index in [2.05, 4.69) is 5.32 Å². The molecular formula is C25H18F3N2O4. The largest absolute Gasteiger partial charge is 0.454 e. The number of rotatable bonds is 5. The number of amides is 2. The Kier molecular flexibility index (Phi) is 5.00. The molecule has 3 aromatic carbocycles. The van der Waals surface area contributed by atoms with Crippen molar-refractivity contribution in [2.24, 2.45) is 0 Å². The monoisotopic (exact) mass is 467 g/mol. The number of nitrogens with one attached hydrogen (secondary N) is 2. The highest BCUT2D eigenvalue weighted by molar-refractivity contribution is 6.02. The fourth-order valence-electron chi connectivity index (χ4n) is 4.13. The molecule has 1 aliphatic carbocycles. The Balaban J connectivity index is 1.43. The van der Waals surface area contributed by atoms with Crippen molar-refractivity contribution in [1.29, 1.82) is 0 Å². The van der Waals surface area contributed by atoms with Gasteiger partial charge in [0.1, 0.15) is 0 Å². The standard InChI is InChI=1S/C25H18F3N2O4/c26-25(27,28)19-12-17(6-7-18(19)14-1-3-15(4-2-14)22(29)31)30-23(32)24(9-10-24)16-5-8-20-21(11-16)34-13-33-20/h1-8,11-12,29H,9-10,13H2,(H,30,32). The molecule has 6 nitrogen and oxygen atoms in total. The van der Waals surface area contributed by atoms with Crippen LogP contribution in [-0.4, -0.2) is 18.6 Å². The quantitative estimate of drug-likeness (QED) is 0.559. The number of hydrogen-bond donors (Lipinski definition) is 1. The van der Waals surface area contributed by atoms with Gasteiger partial charge in [-0.25, -0.2) is 0 Å². The number of alkyl halides is 3. The summed E-state index contributed by atoms with van der Waals surface area (Å²) in [5, 5.41) is 2.65. The van der Waals surface area contributed by atoms with E-state index < -0.39 is 23.1 Å². The van der Waals surface area contributed by atoms with Crippen LogP contribution < -0.4 is 20.5 Å². The molecule has 9 heteroatoms. The normalized spacial score (nSPS) is 15.6. The van der Waals surface area contributed by atoms with Crippen LogP contribution in [0.15, 0.2) is 60.7 Å². The maximum Gasteiger partial charge on any atom is 0.417 e. The summed E-state index contributed by atoms with van der Waals surface area (Å²) in [4.78, 5) is 24.2. The first-order chi connectivity index (χ1) is 16.2. The van der Waals surface area contributed by atoms with Gasteiger partial charge in [-0.3, -0.25) is 15.3 Å². The third-order valence-corrected chi connectivity index (χ3v) is 6.15. The van der Waals surface area contributed by atoms with Crippen molar-refractivity contribution in [3.05, 3.63) is 77.4 Å². The van der Waals surface area contributed by atoms with Crippen LogP contribution in [-0.2, 0) is 16.4 Å². The van der Waals surface area contributed by atoms with E-state index in [0.29, 0.717) is 24.3 Å². The Bertz CT molecular complexity index is 1300. The minimum Gasteiger partial charge on any atom is -0.454 e. The molecule has 1 radical (unpaired) electrons. The van der Waals surface area contributed by atoms with Crippen molar-refractivity contribution in [3.63, 3.8) is 0 Å². The first kappa shape index (κ1) is 21.8. The molecule has 3 aromatic rings. The molecule has 0 spiro atoms. The molecule has 34 heavy (non-hydrogen) atoms. The van der Waals surface area contributed by atoms with Gasteiger partial charge in [0.2, 0.25) is 12.7 Å². The van der Waals surface area contributed by atoms with Crippen LogP contribution in [0.25, 0.3) is 11.1 Å². The number of carbonyl (C=O) groups excluding carboxylic acids is 2. The van der Waals surface area contributed by atoms with Gasteiger partial charge in [0.15, 0.2) is 11.5 Å². The average molecular weight is 467 g/mol. The topological polar surface area (TPSA) is 88.4 Å². The molecule has 0 unspecified atom stereocenters. The first-order valence-electron chi connectivity index (χ1n) is 10.5. The maximum absolute atomic E-state index is 13.9. The number of hydrogen-bond acceptors (Lipinski definition) is 4. The number of anilines is 1. The summed E-state index contributed by atoms with van der Waals surface area (Å²) in [7, 11) is 0. The van der Waals surface area contributed by atoms with E-state index in [1.54, 1.807) is 18.2 Å². The molecule has 0 aromatic heterocycles. The zero-order valence-corrected chi connectivity index (χ0v) is 17.7. The van der Waals surface area contributed by atoms with Crippen molar-refractivity contribution >= 4 is 17.5 Å². The third kappa shape index (κ3) is 3.83. The van der Waals surface area contributed by atoms with E-state index >= 15 is 0 Å². The average Bonchev–Trinajstić information content (AvgIpc) is 3.49. The lowest BCUT2D eigenvalue weighted by Gasteiger charge is -2.19. The van der Waals surface area contributed by atoms with E-state index in [-0.39, 0.29) is 35.1 Å². The van der Waals surface area contributed by atoms with Gasteiger partial charge >= 0.3 is 6.18 Å². The molecule has 2 amide bonds. The summed E-state index contributed by atoms with van der Waals surface area (Å²) >= 11 is 0. The van der Waals surface area contributed by atoms with Gasteiger partial charge in [0.25, 0.3) is 5.91 Å². The Hall–Kier alpha value is -4.01. The van der Waals surface area contributed by atoms with Crippen molar-refractivity contribution in [1.82, 2.24) is 5.73 Å². The smallest absolute Gasteiger partial charge is 0.417 e. The van der Waals surface area contributed by atoms with Gasteiger partial charge in [0.05, 0.1) is 11.0 Å². The van der Waals surface area contributed by atoms with Gasteiger partial charge in [-0.15, -0.1) is 0 Å². The molecule has 173 valence electrons. The van der Waals surface area contributed by atoms with Gasteiger partial charge in [-0.05, 0) is 65.9 Å². The zero-order valence-electron chi connectivity index (χ0n) is 17.7. The minimum atomic E-state index is -4.67. The minimum absolute atomic E-state index is 0.0334. The highest BCUT2D eigenvalue weighted by atomic mass is 19.4. The lowest BCUT2D eigenvalue weighted by atomic mass is 9.94. The van der Waals surface area contributed by atoms with Crippen LogP contribution in [0.3, 0.4) is 0 Å². The Morgan fingerprint density at radius 2 is 1.62 bits per heavy atom. The number of carbonyl (C=O) groups is 2. The van der Waals surface area contributed by atoms with Crippen LogP contribution in [0.4, 0.5) is 18.9 Å². The summed E-state index contributed by atoms with van der Waals surface area (Å²) in [5.41, 5.74) is 6.37. The van der Waals surface area contributed by atoms with E-state index in [1.807, 2.05) is 0 Å². The van der Waals surface area contributed by atoms with Gasteiger partial charge < -0.3 is 14.8 Å². The number of benzene rings is 3. The molecule has 2 N–H and O–H groups in total. The molecule has 1 aliphatic heterocycles. The fourth-order valence-corrected chi connectivity index (χ4v) is 4.13. The lowest BCUT2D eigenvalue weighted by Crippen LogP contribution is -2.28.